The van der Waals surface area contributed by atoms with Gasteiger partial charge in [0.2, 0.25) is 0 Å². The molecule has 0 aliphatic carbocycles. The van der Waals surface area contributed by atoms with E-state index in [1.807, 2.05) is 42.5 Å². The van der Waals surface area contributed by atoms with E-state index in [2.05, 4.69) is 0 Å². The number of carbonyl (C=O) groups is 1. The Morgan fingerprint density at radius 3 is 2.65 bits per heavy atom. The molecular formula is C16H11O4-. The highest BCUT2D eigenvalue weighted by Crippen LogP contribution is 2.26. The average Bonchev–Trinajstić information content (AvgIpc) is 2.94. The van der Waals surface area contributed by atoms with Crippen molar-refractivity contribution in [3.8, 4) is 5.75 Å². The zero-order valence-electron chi connectivity index (χ0n) is 10.5. The molecule has 4 nitrogen and oxygen atoms in total. The lowest BCUT2D eigenvalue weighted by Crippen LogP contribution is -2.21. The van der Waals surface area contributed by atoms with Gasteiger partial charge in [0.15, 0.2) is 0 Å². The minimum atomic E-state index is -1.33. The molecule has 3 rings (SSSR count). The fourth-order valence-corrected chi connectivity index (χ4v) is 2.04. The fourth-order valence-electron chi connectivity index (χ4n) is 2.04. The van der Waals surface area contributed by atoms with Crippen molar-refractivity contribution < 1.29 is 19.1 Å². The van der Waals surface area contributed by atoms with E-state index >= 15 is 0 Å². The number of rotatable bonds is 4. The Morgan fingerprint density at radius 1 is 1.05 bits per heavy atom. The number of benzene rings is 2. The average molecular weight is 267 g/mol. The third-order valence-corrected chi connectivity index (χ3v) is 2.98. The first-order valence-electron chi connectivity index (χ1n) is 6.14. The van der Waals surface area contributed by atoms with Crippen LogP contribution in [0.25, 0.3) is 10.8 Å². The number of furan rings is 1. The highest BCUT2D eigenvalue weighted by molar-refractivity contribution is 5.88. The number of carbonyl (C=O) groups excluding carboxylic acids is 1. The van der Waals surface area contributed by atoms with Crippen LogP contribution in [0.15, 0.2) is 59.0 Å². The van der Waals surface area contributed by atoms with Crippen LogP contribution in [0.3, 0.4) is 0 Å². The molecule has 0 fully saturated rings. The van der Waals surface area contributed by atoms with Crippen LogP contribution in [0.5, 0.6) is 5.75 Å². The summed E-state index contributed by atoms with van der Waals surface area (Å²) in [6.45, 7) is 0.168. The molecule has 20 heavy (non-hydrogen) atoms. The van der Waals surface area contributed by atoms with E-state index < -0.39 is 5.97 Å². The second-order valence-electron chi connectivity index (χ2n) is 4.32. The van der Waals surface area contributed by atoms with Gasteiger partial charge in [0, 0.05) is 5.39 Å². The SMILES string of the molecule is O=C([O-])c1ccc(COc2cccc3ccccc23)o1. The third-order valence-electron chi connectivity index (χ3n) is 2.98. The van der Waals surface area contributed by atoms with Crippen molar-refractivity contribution in [2.45, 2.75) is 6.61 Å². The van der Waals surface area contributed by atoms with Crippen LogP contribution < -0.4 is 9.84 Å². The van der Waals surface area contributed by atoms with E-state index in [4.69, 9.17) is 9.15 Å². The summed E-state index contributed by atoms with van der Waals surface area (Å²) in [5.41, 5.74) is 0. The van der Waals surface area contributed by atoms with Gasteiger partial charge in [-0.15, -0.1) is 0 Å². The maximum absolute atomic E-state index is 10.6. The largest absolute Gasteiger partial charge is 0.542 e. The molecule has 0 amide bonds. The van der Waals surface area contributed by atoms with Crippen molar-refractivity contribution in [3.05, 3.63) is 66.1 Å². The maximum atomic E-state index is 10.6. The zero-order valence-corrected chi connectivity index (χ0v) is 10.5. The molecule has 3 aromatic rings. The van der Waals surface area contributed by atoms with Gasteiger partial charge in [-0.25, -0.2) is 0 Å². The number of hydrogen-bond donors (Lipinski definition) is 0. The van der Waals surface area contributed by atoms with Crippen molar-refractivity contribution in [1.82, 2.24) is 0 Å². The first-order valence-corrected chi connectivity index (χ1v) is 6.14. The molecule has 1 heterocycles. The maximum Gasteiger partial charge on any atom is 0.149 e. The molecule has 0 aliphatic rings. The van der Waals surface area contributed by atoms with Gasteiger partial charge >= 0.3 is 0 Å². The predicted molar refractivity (Wildman–Crippen MR) is 71.3 cm³/mol. The third kappa shape index (κ3) is 2.36. The highest BCUT2D eigenvalue weighted by atomic mass is 16.5. The smallest absolute Gasteiger partial charge is 0.149 e. The summed E-state index contributed by atoms with van der Waals surface area (Å²) < 4.78 is 10.8. The van der Waals surface area contributed by atoms with E-state index in [0.717, 1.165) is 16.5 Å². The summed E-state index contributed by atoms with van der Waals surface area (Å²) in [4.78, 5) is 10.6. The predicted octanol–water partition coefficient (Wildman–Crippen LogP) is 2.38. The summed E-state index contributed by atoms with van der Waals surface area (Å²) in [7, 11) is 0. The Bertz CT molecular complexity index is 753. The van der Waals surface area contributed by atoms with Gasteiger partial charge in [0.05, 0.1) is 0 Å². The minimum absolute atomic E-state index is 0.168. The van der Waals surface area contributed by atoms with E-state index in [1.165, 1.54) is 6.07 Å². The first kappa shape index (κ1) is 12.3. The van der Waals surface area contributed by atoms with Crippen molar-refractivity contribution in [2.75, 3.05) is 0 Å². The Kier molecular flexibility index (Phi) is 3.13. The molecule has 0 spiro atoms. The second kappa shape index (κ2) is 5.09. The van der Waals surface area contributed by atoms with E-state index in [1.54, 1.807) is 6.07 Å². The van der Waals surface area contributed by atoms with Crippen molar-refractivity contribution in [1.29, 1.82) is 0 Å². The molecule has 0 aliphatic heterocycles. The summed E-state index contributed by atoms with van der Waals surface area (Å²) >= 11 is 0. The van der Waals surface area contributed by atoms with Crippen LogP contribution in [-0.4, -0.2) is 5.97 Å². The van der Waals surface area contributed by atoms with Crippen LogP contribution in [0.1, 0.15) is 16.3 Å². The van der Waals surface area contributed by atoms with Crippen LogP contribution in [0, 0.1) is 0 Å². The topological polar surface area (TPSA) is 62.5 Å². The van der Waals surface area contributed by atoms with Gasteiger partial charge in [-0.2, -0.15) is 0 Å². The van der Waals surface area contributed by atoms with Gasteiger partial charge in [0.25, 0.3) is 0 Å². The zero-order chi connectivity index (χ0) is 13.9. The number of carboxylic acid groups (broad SMARTS) is 1. The lowest BCUT2D eigenvalue weighted by molar-refractivity contribution is -0.257. The van der Waals surface area contributed by atoms with Crippen LogP contribution in [0.2, 0.25) is 0 Å². The molecule has 0 bridgehead atoms. The van der Waals surface area contributed by atoms with Gasteiger partial charge in [-0.1, -0.05) is 36.4 Å². The first-order chi connectivity index (χ1) is 9.74. The molecule has 0 radical (unpaired) electrons. The highest BCUT2D eigenvalue weighted by Gasteiger charge is 2.05. The summed E-state index contributed by atoms with van der Waals surface area (Å²) in [5, 5.41) is 12.7. The van der Waals surface area contributed by atoms with Crippen LogP contribution in [-0.2, 0) is 6.61 Å². The number of aromatic carboxylic acids is 1. The van der Waals surface area contributed by atoms with Gasteiger partial charge in [-0.05, 0) is 23.6 Å². The molecule has 4 heteroatoms. The quantitative estimate of drug-likeness (QED) is 0.728. The molecule has 1 aromatic heterocycles. The number of fused-ring (bicyclic) bond motifs is 1. The molecule has 0 unspecified atom stereocenters. The van der Waals surface area contributed by atoms with Crippen LogP contribution >= 0.6 is 0 Å². The fraction of sp³-hybridized carbons (Fsp3) is 0.0625. The molecule has 0 atom stereocenters. The molecule has 100 valence electrons. The van der Waals surface area contributed by atoms with E-state index in [9.17, 15) is 9.90 Å². The van der Waals surface area contributed by atoms with Crippen molar-refractivity contribution in [2.24, 2.45) is 0 Å². The standard InChI is InChI=1S/C16H12O4/c17-16(18)15-9-8-12(20-15)10-19-14-7-3-5-11-4-1-2-6-13(11)14/h1-9H,10H2,(H,17,18)/p-1. The minimum Gasteiger partial charge on any atom is -0.542 e. The summed E-state index contributed by atoms with van der Waals surface area (Å²) in [5.74, 6) is -0.352. The van der Waals surface area contributed by atoms with Gasteiger partial charge in [0.1, 0.15) is 29.8 Å². The van der Waals surface area contributed by atoms with Gasteiger partial charge < -0.3 is 19.1 Å². The Balaban J connectivity index is 1.81. The Morgan fingerprint density at radius 2 is 1.85 bits per heavy atom. The molecule has 0 saturated carbocycles. The summed E-state index contributed by atoms with van der Waals surface area (Å²) in [6, 6.07) is 16.6. The lowest BCUT2D eigenvalue weighted by Gasteiger charge is -2.07. The van der Waals surface area contributed by atoms with Crippen LogP contribution in [0.4, 0.5) is 0 Å². The second-order valence-corrected chi connectivity index (χ2v) is 4.32. The normalized spacial score (nSPS) is 10.6. The summed E-state index contributed by atoms with van der Waals surface area (Å²) in [6.07, 6.45) is 0. The number of hydrogen-bond acceptors (Lipinski definition) is 4. The Labute approximate surface area is 115 Å². The molecule has 0 N–H and O–H groups in total. The van der Waals surface area contributed by atoms with Crippen molar-refractivity contribution >= 4 is 16.7 Å². The van der Waals surface area contributed by atoms with Gasteiger partial charge in [-0.3, -0.25) is 0 Å². The lowest BCUT2D eigenvalue weighted by atomic mass is 10.1. The number of ether oxygens (including phenoxy) is 1. The monoisotopic (exact) mass is 267 g/mol. The van der Waals surface area contributed by atoms with Crippen molar-refractivity contribution in [3.63, 3.8) is 0 Å². The molecule has 2 aromatic carbocycles. The molecular weight excluding hydrogens is 256 g/mol. The Hall–Kier alpha value is -2.75. The van der Waals surface area contributed by atoms with E-state index in [0.29, 0.717) is 5.76 Å². The van der Waals surface area contributed by atoms with E-state index in [-0.39, 0.29) is 12.4 Å². The molecule has 0 saturated heterocycles. The number of carboxylic acids is 1.